The summed E-state index contributed by atoms with van der Waals surface area (Å²) in [5.41, 5.74) is 6.62. The Bertz CT molecular complexity index is 328. The number of nitrogens with zero attached hydrogens (tertiary/aromatic N) is 2. The number of nitrogens with two attached hydrogens (primary N) is 1. The Morgan fingerprint density at radius 3 is 3.13 bits per heavy atom. The van der Waals surface area contributed by atoms with E-state index in [9.17, 15) is 4.39 Å². The van der Waals surface area contributed by atoms with E-state index in [0.717, 1.165) is 11.3 Å². The molecule has 0 radical (unpaired) electrons. The molecule has 1 fully saturated rings. The lowest BCUT2D eigenvalue weighted by atomic mass is 10.2. The van der Waals surface area contributed by atoms with Gasteiger partial charge < -0.3 is 10.3 Å². The summed E-state index contributed by atoms with van der Waals surface area (Å²) in [6.45, 7) is 3.51. The van der Waals surface area contributed by atoms with E-state index in [1.165, 1.54) is 0 Å². The first-order valence-corrected chi connectivity index (χ1v) is 5.19. The Balaban J connectivity index is 2.02. The lowest BCUT2D eigenvalue weighted by Gasteiger charge is -2.21. The van der Waals surface area contributed by atoms with Crippen molar-refractivity contribution in [3.05, 3.63) is 17.5 Å². The van der Waals surface area contributed by atoms with Gasteiger partial charge in [0.25, 0.3) is 0 Å². The molecule has 0 bridgehead atoms. The van der Waals surface area contributed by atoms with Crippen molar-refractivity contribution in [1.82, 2.24) is 10.1 Å². The summed E-state index contributed by atoms with van der Waals surface area (Å²) in [7, 11) is 0. The van der Waals surface area contributed by atoms with Crippen LogP contribution in [-0.4, -0.2) is 35.4 Å². The van der Waals surface area contributed by atoms with Gasteiger partial charge in [0.15, 0.2) is 0 Å². The van der Waals surface area contributed by atoms with Crippen molar-refractivity contribution in [2.24, 2.45) is 5.73 Å². The van der Waals surface area contributed by atoms with E-state index >= 15 is 0 Å². The molecule has 15 heavy (non-hydrogen) atoms. The molecule has 1 aromatic rings. The van der Waals surface area contributed by atoms with Crippen molar-refractivity contribution < 1.29 is 8.91 Å². The predicted octanol–water partition coefficient (Wildman–Crippen LogP) is 0.854. The Morgan fingerprint density at radius 2 is 2.53 bits per heavy atom. The highest BCUT2D eigenvalue weighted by molar-refractivity contribution is 5.12. The van der Waals surface area contributed by atoms with Gasteiger partial charge in [0.2, 0.25) is 0 Å². The summed E-state index contributed by atoms with van der Waals surface area (Å²) in [6, 6.07) is 0.147. The van der Waals surface area contributed by atoms with Crippen LogP contribution in [0, 0.1) is 6.92 Å². The Labute approximate surface area is 88.2 Å². The van der Waals surface area contributed by atoms with Gasteiger partial charge in [0, 0.05) is 31.2 Å². The molecule has 0 aromatic carbocycles. The summed E-state index contributed by atoms with van der Waals surface area (Å²) in [4.78, 5) is 2.06. The standard InChI is InChI=1S/C10H16FN3O/c1-7-8(4-13-15-7)5-14-6-9(11)2-10(14)3-12/h4,9-10H,2-3,5-6,12H2,1H3/t9-,10+/m0/s1. The highest BCUT2D eigenvalue weighted by Gasteiger charge is 2.31. The SMILES string of the molecule is Cc1oncc1CN1C[C@@H](F)C[C@@H]1CN. The second-order valence-corrected chi connectivity index (χ2v) is 4.06. The zero-order chi connectivity index (χ0) is 10.8. The largest absolute Gasteiger partial charge is 0.361 e. The van der Waals surface area contributed by atoms with E-state index in [2.05, 4.69) is 10.1 Å². The van der Waals surface area contributed by atoms with Crippen molar-refractivity contribution in [3.8, 4) is 0 Å². The van der Waals surface area contributed by atoms with Crippen molar-refractivity contribution in [2.45, 2.75) is 32.1 Å². The van der Waals surface area contributed by atoms with Crippen LogP contribution in [-0.2, 0) is 6.54 Å². The summed E-state index contributed by atoms with van der Waals surface area (Å²) in [5.74, 6) is 0.799. The van der Waals surface area contributed by atoms with Gasteiger partial charge in [-0.05, 0) is 13.3 Å². The molecule has 0 spiro atoms. The van der Waals surface area contributed by atoms with E-state index in [-0.39, 0.29) is 6.04 Å². The lowest BCUT2D eigenvalue weighted by Crippen LogP contribution is -2.34. The van der Waals surface area contributed by atoms with Crippen molar-refractivity contribution in [1.29, 1.82) is 0 Å². The van der Waals surface area contributed by atoms with Gasteiger partial charge >= 0.3 is 0 Å². The number of halogens is 1. The molecule has 0 aliphatic carbocycles. The fourth-order valence-electron chi connectivity index (χ4n) is 2.05. The van der Waals surface area contributed by atoms with E-state index in [1.54, 1.807) is 6.20 Å². The predicted molar refractivity (Wildman–Crippen MR) is 54.0 cm³/mol. The van der Waals surface area contributed by atoms with Gasteiger partial charge in [-0.15, -0.1) is 0 Å². The van der Waals surface area contributed by atoms with Crippen molar-refractivity contribution >= 4 is 0 Å². The quantitative estimate of drug-likeness (QED) is 0.809. The Morgan fingerprint density at radius 1 is 1.73 bits per heavy atom. The minimum atomic E-state index is -0.751. The van der Waals surface area contributed by atoms with Gasteiger partial charge in [-0.2, -0.15) is 0 Å². The Hall–Kier alpha value is -0.940. The number of alkyl halides is 1. The monoisotopic (exact) mass is 213 g/mol. The summed E-state index contributed by atoms with van der Waals surface area (Å²) in [6.07, 6.45) is 1.48. The van der Waals surface area contributed by atoms with Crippen LogP contribution in [0.5, 0.6) is 0 Å². The fourth-order valence-corrected chi connectivity index (χ4v) is 2.05. The molecule has 2 rings (SSSR count). The Kier molecular flexibility index (Phi) is 3.02. The van der Waals surface area contributed by atoms with E-state index < -0.39 is 6.17 Å². The van der Waals surface area contributed by atoms with Crippen LogP contribution < -0.4 is 5.73 Å². The van der Waals surface area contributed by atoms with Gasteiger partial charge in [-0.25, -0.2) is 4.39 Å². The number of aromatic nitrogens is 1. The van der Waals surface area contributed by atoms with Crippen LogP contribution in [0.25, 0.3) is 0 Å². The number of hydrogen-bond acceptors (Lipinski definition) is 4. The minimum absolute atomic E-state index is 0.147. The highest BCUT2D eigenvalue weighted by Crippen LogP contribution is 2.22. The maximum Gasteiger partial charge on any atom is 0.138 e. The molecular formula is C10H16FN3O. The van der Waals surface area contributed by atoms with Gasteiger partial charge in [-0.3, -0.25) is 4.90 Å². The van der Waals surface area contributed by atoms with Crippen LogP contribution in [0.15, 0.2) is 10.7 Å². The maximum atomic E-state index is 13.2. The molecule has 2 atom stereocenters. The zero-order valence-electron chi connectivity index (χ0n) is 8.82. The fraction of sp³-hybridized carbons (Fsp3) is 0.700. The van der Waals surface area contributed by atoms with E-state index in [1.807, 2.05) is 6.92 Å². The normalized spacial score (nSPS) is 27.4. The zero-order valence-corrected chi connectivity index (χ0v) is 8.82. The molecule has 5 heteroatoms. The molecular weight excluding hydrogens is 197 g/mol. The average Bonchev–Trinajstić information content (AvgIpc) is 2.75. The van der Waals surface area contributed by atoms with Crippen LogP contribution in [0.4, 0.5) is 4.39 Å². The summed E-state index contributed by atoms with van der Waals surface area (Å²) in [5, 5.41) is 3.71. The lowest BCUT2D eigenvalue weighted by molar-refractivity contribution is 0.237. The summed E-state index contributed by atoms with van der Waals surface area (Å²) >= 11 is 0. The van der Waals surface area contributed by atoms with Crippen molar-refractivity contribution in [2.75, 3.05) is 13.1 Å². The number of likely N-dealkylation sites (tertiary alicyclic amines) is 1. The molecule has 0 saturated carbocycles. The molecule has 4 nitrogen and oxygen atoms in total. The molecule has 1 aliphatic rings. The first-order valence-electron chi connectivity index (χ1n) is 5.19. The first kappa shape index (κ1) is 10.6. The molecule has 2 heterocycles. The van der Waals surface area contributed by atoms with Crippen LogP contribution in [0.3, 0.4) is 0 Å². The second kappa shape index (κ2) is 4.28. The van der Waals surface area contributed by atoms with Gasteiger partial charge in [-0.1, -0.05) is 5.16 Å². The average molecular weight is 213 g/mol. The topological polar surface area (TPSA) is 55.3 Å². The molecule has 2 N–H and O–H groups in total. The van der Waals surface area contributed by atoms with Crippen LogP contribution in [0.1, 0.15) is 17.7 Å². The third-order valence-corrected chi connectivity index (χ3v) is 2.97. The molecule has 1 aromatic heterocycles. The first-order chi connectivity index (χ1) is 7.20. The number of hydrogen-bond donors (Lipinski definition) is 1. The summed E-state index contributed by atoms with van der Waals surface area (Å²) < 4.78 is 18.2. The molecule has 0 unspecified atom stereocenters. The third kappa shape index (κ3) is 2.18. The number of aryl methyl sites for hydroxylation is 1. The van der Waals surface area contributed by atoms with E-state index in [4.69, 9.17) is 10.3 Å². The molecule has 0 amide bonds. The highest BCUT2D eigenvalue weighted by atomic mass is 19.1. The molecule has 1 aliphatic heterocycles. The third-order valence-electron chi connectivity index (χ3n) is 2.97. The smallest absolute Gasteiger partial charge is 0.138 e. The van der Waals surface area contributed by atoms with Crippen molar-refractivity contribution in [3.63, 3.8) is 0 Å². The minimum Gasteiger partial charge on any atom is -0.361 e. The number of rotatable bonds is 3. The van der Waals surface area contributed by atoms with Crippen LogP contribution >= 0.6 is 0 Å². The maximum absolute atomic E-state index is 13.2. The molecule has 84 valence electrons. The van der Waals surface area contributed by atoms with Gasteiger partial charge in [0.1, 0.15) is 11.9 Å². The van der Waals surface area contributed by atoms with Crippen LogP contribution in [0.2, 0.25) is 0 Å². The van der Waals surface area contributed by atoms with Gasteiger partial charge in [0.05, 0.1) is 6.20 Å². The molecule has 1 saturated heterocycles. The second-order valence-electron chi connectivity index (χ2n) is 4.06. The van der Waals surface area contributed by atoms with E-state index in [0.29, 0.717) is 26.1 Å².